The molecule has 0 saturated heterocycles. The standard InChI is InChI=1S/C23H29N3O4S/c1-3-4-5-6-7-16-30-20-14-10-17(11-15-20)21(27)24-23(31)26-25-22(28)18-8-12-19(29-2)13-9-18/h8-15H,3-7,16H2,1-2H3,(H,25,28)(H2,24,26,27,31). The maximum absolute atomic E-state index is 12.3. The second-order valence-corrected chi connectivity index (χ2v) is 7.29. The Labute approximate surface area is 188 Å². The predicted molar refractivity (Wildman–Crippen MR) is 124 cm³/mol. The van der Waals surface area contributed by atoms with Gasteiger partial charge in [-0.15, -0.1) is 0 Å². The number of benzene rings is 2. The molecule has 7 nitrogen and oxygen atoms in total. The molecule has 2 amide bonds. The van der Waals surface area contributed by atoms with Gasteiger partial charge in [-0.2, -0.15) is 0 Å². The van der Waals surface area contributed by atoms with Crippen LogP contribution in [0.25, 0.3) is 0 Å². The highest BCUT2D eigenvalue weighted by Crippen LogP contribution is 2.13. The van der Waals surface area contributed by atoms with E-state index in [9.17, 15) is 9.59 Å². The van der Waals surface area contributed by atoms with Crippen LogP contribution in [-0.4, -0.2) is 30.6 Å². The Balaban J connectivity index is 1.72. The topological polar surface area (TPSA) is 88.7 Å². The number of methoxy groups -OCH3 is 1. The predicted octanol–water partition coefficient (Wildman–Crippen LogP) is 3.99. The van der Waals surface area contributed by atoms with Crippen molar-refractivity contribution in [1.29, 1.82) is 0 Å². The van der Waals surface area contributed by atoms with Gasteiger partial charge in [0.25, 0.3) is 11.8 Å². The van der Waals surface area contributed by atoms with Crippen LogP contribution >= 0.6 is 12.2 Å². The molecule has 2 aromatic rings. The van der Waals surface area contributed by atoms with Gasteiger partial charge in [0.15, 0.2) is 5.11 Å². The van der Waals surface area contributed by atoms with Gasteiger partial charge in [0.1, 0.15) is 11.5 Å². The van der Waals surface area contributed by atoms with Crippen LogP contribution in [0.2, 0.25) is 0 Å². The Bertz CT molecular complexity index is 854. The molecule has 0 aromatic heterocycles. The summed E-state index contributed by atoms with van der Waals surface area (Å²) in [7, 11) is 1.55. The molecule has 3 N–H and O–H groups in total. The number of carbonyl (C=O) groups excluding carboxylic acids is 2. The van der Waals surface area contributed by atoms with E-state index in [1.54, 1.807) is 55.6 Å². The number of unbranched alkanes of at least 4 members (excludes halogenated alkanes) is 4. The van der Waals surface area contributed by atoms with E-state index in [4.69, 9.17) is 21.7 Å². The highest BCUT2D eigenvalue weighted by Gasteiger charge is 2.10. The van der Waals surface area contributed by atoms with Crippen molar-refractivity contribution in [2.24, 2.45) is 0 Å². The third-order valence-corrected chi connectivity index (χ3v) is 4.71. The Hall–Kier alpha value is -3.13. The molecule has 0 fully saturated rings. The number of amides is 2. The number of nitrogens with one attached hydrogen (secondary N) is 3. The van der Waals surface area contributed by atoms with Gasteiger partial charge in [0.2, 0.25) is 0 Å². The summed E-state index contributed by atoms with van der Waals surface area (Å²) in [6.45, 7) is 2.85. The minimum atomic E-state index is -0.393. The van der Waals surface area contributed by atoms with Crippen LogP contribution < -0.4 is 25.6 Å². The molecule has 0 unspecified atom stereocenters. The molecule has 0 spiro atoms. The lowest BCUT2D eigenvalue weighted by Gasteiger charge is -2.11. The first-order valence-electron chi connectivity index (χ1n) is 10.3. The molecule has 0 radical (unpaired) electrons. The van der Waals surface area contributed by atoms with Gasteiger partial charge in [0, 0.05) is 11.1 Å². The van der Waals surface area contributed by atoms with E-state index in [-0.39, 0.29) is 11.0 Å². The summed E-state index contributed by atoms with van der Waals surface area (Å²) in [6.07, 6.45) is 5.88. The first-order chi connectivity index (χ1) is 15.0. The largest absolute Gasteiger partial charge is 0.497 e. The molecular weight excluding hydrogens is 414 g/mol. The van der Waals surface area contributed by atoms with Crippen molar-refractivity contribution in [2.75, 3.05) is 13.7 Å². The zero-order chi connectivity index (χ0) is 22.5. The highest BCUT2D eigenvalue weighted by molar-refractivity contribution is 7.80. The second kappa shape index (κ2) is 13.2. The van der Waals surface area contributed by atoms with Gasteiger partial charge in [-0.25, -0.2) is 0 Å². The molecular formula is C23H29N3O4S. The van der Waals surface area contributed by atoms with Crippen LogP contribution in [0.15, 0.2) is 48.5 Å². The van der Waals surface area contributed by atoms with Crippen molar-refractivity contribution in [1.82, 2.24) is 16.2 Å². The first-order valence-corrected chi connectivity index (χ1v) is 10.7. The normalized spacial score (nSPS) is 10.1. The van der Waals surface area contributed by atoms with E-state index in [0.717, 1.165) is 18.6 Å². The van der Waals surface area contributed by atoms with Gasteiger partial charge in [-0.05, 0) is 67.2 Å². The minimum Gasteiger partial charge on any atom is -0.497 e. The van der Waals surface area contributed by atoms with E-state index in [0.29, 0.717) is 23.5 Å². The summed E-state index contributed by atoms with van der Waals surface area (Å²) in [5, 5.41) is 2.50. The Morgan fingerprint density at radius 3 is 2.00 bits per heavy atom. The van der Waals surface area contributed by atoms with Crippen LogP contribution in [0.1, 0.15) is 59.7 Å². The zero-order valence-corrected chi connectivity index (χ0v) is 18.7. The van der Waals surface area contributed by atoms with Crippen molar-refractivity contribution >= 4 is 29.1 Å². The fraction of sp³-hybridized carbons (Fsp3) is 0.348. The Morgan fingerprint density at radius 1 is 0.806 bits per heavy atom. The zero-order valence-electron chi connectivity index (χ0n) is 17.9. The maximum atomic E-state index is 12.3. The van der Waals surface area contributed by atoms with Crippen molar-refractivity contribution in [3.05, 3.63) is 59.7 Å². The van der Waals surface area contributed by atoms with Gasteiger partial charge < -0.3 is 9.47 Å². The Kier molecular flexibility index (Phi) is 10.3. The summed E-state index contributed by atoms with van der Waals surface area (Å²) in [5.41, 5.74) is 5.80. The van der Waals surface area contributed by atoms with Gasteiger partial charge in [0.05, 0.1) is 13.7 Å². The number of ether oxygens (including phenoxy) is 2. The molecule has 0 aliphatic carbocycles. The summed E-state index contributed by atoms with van der Waals surface area (Å²) >= 11 is 5.06. The lowest BCUT2D eigenvalue weighted by molar-refractivity contribution is 0.0934. The average molecular weight is 444 g/mol. The minimum absolute atomic E-state index is 0.0146. The highest BCUT2D eigenvalue weighted by atomic mass is 32.1. The number of hydrogen-bond acceptors (Lipinski definition) is 5. The van der Waals surface area contributed by atoms with Crippen molar-refractivity contribution in [2.45, 2.75) is 39.0 Å². The lowest BCUT2D eigenvalue weighted by Crippen LogP contribution is -2.48. The van der Waals surface area contributed by atoms with Crippen molar-refractivity contribution in [3.8, 4) is 11.5 Å². The SMILES string of the molecule is CCCCCCCOc1ccc(C(=O)NC(=S)NNC(=O)c2ccc(OC)cc2)cc1. The van der Waals surface area contributed by atoms with Crippen molar-refractivity contribution < 1.29 is 19.1 Å². The molecule has 8 heteroatoms. The van der Waals surface area contributed by atoms with Crippen LogP contribution in [-0.2, 0) is 0 Å². The van der Waals surface area contributed by atoms with E-state index in [2.05, 4.69) is 23.1 Å². The molecule has 0 atom stereocenters. The average Bonchev–Trinajstić information content (AvgIpc) is 2.80. The molecule has 0 heterocycles. The van der Waals surface area contributed by atoms with E-state index >= 15 is 0 Å². The smallest absolute Gasteiger partial charge is 0.269 e. The number of hydrogen-bond donors (Lipinski definition) is 3. The van der Waals surface area contributed by atoms with Crippen LogP contribution in [0, 0.1) is 0 Å². The quantitative estimate of drug-likeness (QED) is 0.292. The molecule has 2 aromatic carbocycles. The third-order valence-electron chi connectivity index (χ3n) is 4.50. The summed E-state index contributed by atoms with van der Waals surface area (Å²) in [4.78, 5) is 24.4. The van der Waals surface area contributed by atoms with Crippen LogP contribution in [0.4, 0.5) is 0 Å². The van der Waals surface area contributed by atoms with Crippen LogP contribution in [0.3, 0.4) is 0 Å². The molecule has 0 aliphatic heterocycles. The number of thiocarbonyl (C=S) groups is 1. The molecule has 0 saturated carbocycles. The summed E-state index contributed by atoms with van der Waals surface area (Å²) < 4.78 is 10.8. The summed E-state index contributed by atoms with van der Waals surface area (Å²) in [6, 6.07) is 13.4. The fourth-order valence-corrected chi connectivity index (χ4v) is 2.88. The number of carbonyl (C=O) groups is 2. The van der Waals surface area contributed by atoms with E-state index < -0.39 is 5.91 Å². The second-order valence-electron chi connectivity index (χ2n) is 6.88. The molecule has 0 bridgehead atoms. The number of rotatable bonds is 10. The molecule has 0 aliphatic rings. The molecule has 31 heavy (non-hydrogen) atoms. The Morgan fingerprint density at radius 2 is 1.39 bits per heavy atom. The van der Waals surface area contributed by atoms with E-state index in [1.165, 1.54) is 19.3 Å². The maximum Gasteiger partial charge on any atom is 0.269 e. The fourth-order valence-electron chi connectivity index (χ4n) is 2.73. The van der Waals surface area contributed by atoms with E-state index in [1.807, 2.05) is 0 Å². The lowest BCUT2D eigenvalue weighted by atomic mass is 10.2. The first kappa shape index (κ1) is 24.1. The number of hydrazine groups is 1. The molecule has 166 valence electrons. The van der Waals surface area contributed by atoms with Gasteiger partial charge in [-0.1, -0.05) is 32.6 Å². The van der Waals surface area contributed by atoms with Crippen molar-refractivity contribution in [3.63, 3.8) is 0 Å². The van der Waals surface area contributed by atoms with Gasteiger partial charge in [-0.3, -0.25) is 25.8 Å². The summed E-state index contributed by atoms with van der Waals surface area (Å²) in [5.74, 6) is 0.591. The van der Waals surface area contributed by atoms with Gasteiger partial charge >= 0.3 is 0 Å². The monoisotopic (exact) mass is 443 g/mol. The van der Waals surface area contributed by atoms with Crippen LogP contribution in [0.5, 0.6) is 11.5 Å². The molecule has 2 rings (SSSR count). The third kappa shape index (κ3) is 8.64.